The number of nitrogen functional groups attached to an aromatic ring is 1. The molecule has 0 fully saturated rings. The lowest BCUT2D eigenvalue weighted by molar-refractivity contribution is 0.102. The first-order valence-electron chi connectivity index (χ1n) is 6.00. The van der Waals surface area contributed by atoms with Crippen LogP contribution in [0, 0.1) is 11.7 Å². The molecule has 8 heteroatoms. The molecule has 20 heavy (non-hydrogen) atoms. The standard InChI is InChI=1S/C12H14FN5OS/c1-6(2)3-9-17-18-12(20-9)16-11(19)8-4-7(13)5-15-10(8)14/h4-6H,3H2,1-2H3,(H2,14,15)(H,16,18,19). The van der Waals surface area contributed by atoms with Gasteiger partial charge < -0.3 is 5.73 Å². The van der Waals surface area contributed by atoms with Crippen molar-refractivity contribution in [3.8, 4) is 0 Å². The summed E-state index contributed by atoms with van der Waals surface area (Å²) in [6, 6.07) is 1.04. The van der Waals surface area contributed by atoms with Gasteiger partial charge in [0, 0.05) is 6.42 Å². The van der Waals surface area contributed by atoms with Crippen molar-refractivity contribution in [2.45, 2.75) is 20.3 Å². The highest BCUT2D eigenvalue weighted by molar-refractivity contribution is 7.15. The lowest BCUT2D eigenvalue weighted by Gasteiger charge is -2.03. The van der Waals surface area contributed by atoms with Crippen LogP contribution in [-0.2, 0) is 6.42 Å². The highest BCUT2D eigenvalue weighted by Gasteiger charge is 2.15. The molecular weight excluding hydrogens is 281 g/mol. The second-order valence-corrected chi connectivity index (χ2v) is 5.70. The zero-order valence-electron chi connectivity index (χ0n) is 11.1. The number of nitrogens with zero attached hydrogens (tertiary/aromatic N) is 3. The number of halogens is 1. The number of hydrogen-bond donors (Lipinski definition) is 2. The van der Waals surface area contributed by atoms with E-state index in [0.29, 0.717) is 11.0 Å². The zero-order valence-corrected chi connectivity index (χ0v) is 11.9. The van der Waals surface area contributed by atoms with Gasteiger partial charge in [0.05, 0.1) is 11.8 Å². The van der Waals surface area contributed by atoms with Crippen molar-refractivity contribution < 1.29 is 9.18 Å². The molecule has 2 heterocycles. The van der Waals surface area contributed by atoms with Gasteiger partial charge in [-0.1, -0.05) is 25.2 Å². The Bertz CT molecular complexity index is 628. The predicted molar refractivity (Wildman–Crippen MR) is 75.0 cm³/mol. The van der Waals surface area contributed by atoms with E-state index >= 15 is 0 Å². The number of carbonyl (C=O) groups excluding carboxylic acids is 1. The maximum atomic E-state index is 13.1. The van der Waals surface area contributed by atoms with Crippen molar-refractivity contribution in [2.75, 3.05) is 11.1 Å². The Morgan fingerprint density at radius 1 is 1.50 bits per heavy atom. The molecule has 0 unspecified atom stereocenters. The molecule has 0 aromatic carbocycles. The number of hydrogen-bond acceptors (Lipinski definition) is 6. The fourth-order valence-corrected chi connectivity index (χ4v) is 2.48. The van der Waals surface area contributed by atoms with Crippen LogP contribution in [0.25, 0.3) is 0 Å². The molecule has 6 nitrogen and oxygen atoms in total. The van der Waals surface area contributed by atoms with Gasteiger partial charge in [0.15, 0.2) is 0 Å². The van der Waals surface area contributed by atoms with E-state index in [0.717, 1.165) is 23.7 Å². The van der Waals surface area contributed by atoms with Crippen molar-refractivity contribution in [3.05, 3.63) is 28.7 Å². The number of aromatic nitrogens is 3. The maximum Gasteiger partial charge on any atom is 0.261 e. The van der Waals surface area contributed by atoms with Gasteiger partial charge in [-0.15, -0.1) is 10.2 Å². The quantitative estimate of drug-likeness (QED) is 0.901. The molecule has 2 aromatic heterocycles. The number of rotatable bonds is 4. The van der Waals surface area contributed by atoms with Crippen LogP contribution in [0.5, 0.6) is 0 Å². The van der Waals surface area contributed by atoms with Crippen molar-refractivity contribution in [2.24, 2.45) is 5.92 Å². The number of carbonyl (C=O) groups is 1. The summed E-state index contributed by atoms with van der Waals surface area (Å²) in [6.07, 6.45) is 1.75. The summed E-state index contributed by atoms with van der Waals surface area (Å²) in [4.78, 5) is 15.6. The molecule has 0 aliphatic rings. The molecule has 0 bridgehead atoms. The molecule has 0 atom stereocenters. The number of nitrogens with one attached hydrogen (secondary N) is 1. The molecule has 2 aromatic rings. The molecule has 0 spiro atoms. The largest absolute Gasteiger partial charge is 0.383 e. The number of anilines is 2. The highest BCUT2D eigenvalue weighted by atomic mass is 32.1. The van der Waals surface area contributed by atoms with E-state index in [1.165, 1.54) is 11.3 Å². The van der Waals surface area contributed by atoms with E-state index in [4.69, 9.17) is 5.73 Å². The van der Waals surface area contributed by atoms with Gasteiger partial charge in [-0.25, -0.2) is 9.37 Å². The second-order valence-electron chi connectivity index (χ2n) is 4.64. The molecule has 3 N–H and O–H groups in total. The molecule has 1 amide bonds. The van der Waals surface area contributed by atoms with E-state index < -0.39 is 11.7 Å². The first-order valence-corrected chi connectivity index (χ1v) is 6.82. The van der Waals surface area contributed by atoms with Crippen LogP contribution in [0.1, 0.15) is 29.2 Å². The van der Waals surface area contributed by atoms with Crippen LogP contribution in [0.15, 0.2) is 12.3 Å². The highest BCUT2D eigenvalue weighted by Crippen LogP contribution is 2.20. The summed E-state index contributed by atoms with van der Waals surface area (Å²) in [7, 11) is 0. The summed E-state index contributed by atoms with van der Waals surface area (Å²) in [6.45, 7) is 4.14. The smallest absolute Gasteiger partial charge is 0.261 e. The van der Waals surface area contributed by atoms with Crippen molar-refractivity contribution in [1.29, 1.82) is 0 Å². The summed E-state index contributed by atoms with van der Waals surface area (Å²) >= 11 is 1.29. The van der Waals surface area contributed by atoms with Crippen molar-refractivity contribution >= 4 is 28.2 Å². The third-order valence-corrected chi connectivity index (χ3v) is 3.26. The van der Waals surface area contributed by atoms with Crippen LogP contribution >= 0.6 is 11.3 Å². The van der Waals surface area contributed by atoms with Crippen LogP contribution in [0.2, 0.25) is 0 Å². The third kappa shape index (κ3) is 3.47. The van der Waals surface area contributed by atoms with E-state index in [1.807, 2.05) is 0 Å². The fraction of sp³-hybridized carbons (Fsp3) is 0.333. The van der Waals surface area contributed by atoms with E-state index in [9.17, 15) is 9.18 Å². The Kier molecular flexibility index (Phi) is 4.23. The summed E-state index contributed by atoms with van der Waals surface area (Å²) in [5.41, 5.74) is 5.52. The minimum Gasteiger partial charge on any atom is -0.383 e. The molecule has 0 radical (unpaired) electrons. The molecule has 0 saturated carbocycles. The van der Waals surface area contributed by atoms with Gasteiger partial charge in [0.25, 0.3) is 5.91 Å². The minimum atomic E-state index is -0.623. The van der Waals surface area contributed by atoms with E-state index in [-0.39, 0.29) is 11.4 Å². The average Bonchev–Trinajstić information content (AvgIpc) is 2.78. The summed E-state index contributed by atoms with van der Waals surface area (Å²) in [5, 5.41) is 11.6. The lowest BCUT2D eigenvalue weighted by atomic mass is 10.1. The van der Waals surface area contributed by atoms with Gasteiger partial charge in [-0.2, -0.15) is 0 Å². The topological polar surface area (TPSA) is 93.8 Å². The number of amides is 1. The monoisotopic (exact) mass is 295 g/mol. The summed E-state index contributed by atoms with van der Waals surface area (Å²) in [5.74, 6) is -0.755. The van der Waals surface area contributed by atoms with Crippen LogP contribution in [-0.4, -0.2) is 21.1 Å². The van der Waals surface area contributed by atoms with Crippen LogP contribution in [0.3, 0.4) is 0 Å². The maximum absolute atomic E-state index is 13.1. The zero-order chi connectivity index (χ0) is 14.7. The first-order chi connectivity index (χ1) is 9.45. The van der Waals surface area contributed by atoms with Crippen LogP contribution in [0.4, 0.5) is 15.3 Å². The van der Waals surface area contributed by atoms with Gasteiger partial charge in [-0.05, 0) is 12.0 Å². The number of pyridine rings is 1. The van der Waals surface area contributed by atoms with Gasteiger partial charge >= 0.3 is 0 Å². The van der Waals surface area contributed by atoms with Gasteiger partial charge in [-0.3, -0.25) is 10.1 Å². The molecule has 0 aliphatic heterocycles. The van der Waals surface area contributed by atoms with Crippen LogP contribution < -0.4 is 11.1 Å². The molecular formula is C12H14FN5OS. The van der Waals surface area contributed by atoms with Crippen molar-refractivity contribution in [3.63, 3.8) is 0 Å². The second kappa shape index (κ2) is 5.91. The van der Waals surface area contributed by atoms with Gasteiger partial charge in [0.2, 0.25) is 5.13 Å². The SMILES string of the molecule is CC(C)Cc1nnc(NC(=O)c2cc(F)cnc2N)s1. The fourth-order valence-electron chi connectivity index (χ4n) is 1.53. The van der Waals surface area contributed by atoms with Gasteiger partial charge in [0.1, 0.15) is 16.6 Å². The number of nitrogens with two attached hydrogens (primary N) is 1. The Hall–Kier alpha value is -2.09. The molecule has 0 aliphatic carbocycles. The van der Waals surface area contributed by atoms with E-state index in [2.05, 4.69) is 34.3 Å². The first kappa shape index (κ1) is 14.3. The Balaban J connectivity index is 2.11. The Morgan fingerprint density at radius 2 is 2.25 bits per heavy atom. The average molecular weight is 295 g/mol. The summed E-state index contributed by atoms with van der Waals surface area (Å²) < 4.78 is 13.1. The lowest BCUT2D eigenvalue weighted by Crippen LogP contribution is -2.15. The predicted octanol–water partition coefficient (Wildman–Crippen LogP) is 2.11. The third-order valence-electron chi connectivity index (χ3n) is 2.40. The normalized spacial score (nSPS) is 10.8. The van der Waals surface area contributed by atoms with Crippen molar-refractivity contribution in [1.82, 2.24) is 15.2 Å². The molecule has 0 saturated heterocycles. The minimum absolute atomic E-state index is 0.0226. The Morgan fingerprint density at radius 3 is 2.95 bits per heavy atom. The molecule has 2 rings (SSSR count). The molecule has 106 valence electrons. The van der Waals surface area contributed by atoms with E-state index in [1.54, 1.807) is 0 Å². The Labute approximate surface area is 119 Å².